The highest BCUT2D eigenvalue weighted by molar-refractivity contribution is 9.10. The van der Waals surface area contributed by atoms with Crippen molar-refractivity contribution < 1.29 is 9.47 Å². The van der Waals surface area contributed by atoms with E-state index in [1.807, 2.05) is 30.3 Å². The van der Waals surface area contributed by atoms with Crippen LogP contribution in [0.1, 0.15) is 5.69 Å². The van der Waals surface area contributed by atoms with E-state index in [0.29, 0.717) is 6.61 Å². The molecule has 0 saturated heterocycles. The Morgan fingerprint density at radius 3 is 2.61 bits per heavy atom. The predicted octanol–water partition coefficient (Wildman–Crippen LogP) is 4.19. The summed E-state index contributed by atoms with van der Waals surface area (Å²) in [5.41, 5.74) is 0.876. The van der Waals surface area contributed by atoms with E-state index in [2.05, 4.69) is 36.8 Å². The molecule has 0 unspecified atom stereocenters. The summed E-state index contributed by atoms with van der Waals surface area (Å²) in [5.74, 6) is 1.55. The average molecular weight is 373 g/mol. The molecule has 0 spiro atoms. The summed E-state index contributed by atoms with van der Waals surface area (Å²) in [6, 6.07) is 9.44. The average Bonchev–Trinajstić information content (AvgIpc) is 2.39. The number of methoxy groups -OCH3 is 1. The van der Waals surface area contributed by atoms with E-state index in [1.54, 1.807) is 13.3 Å². The molecule has 0 fully saturated rings. The normalized spacial score (nSPS) is 10.2. The number of nitrogens with zero attached hydrogens (tertiary/aromatic N) is 1. The van der Waals surface area contributed by atoms with Crippen molar-refractivity contribution in [1.82, 2.24) is 4.98 Å². The highest BCUT2D eigenvalue weighted by Crippen LogP contribution is 2.29. The van der Waals surface area contributed by atoms with Crippen molar-refractivity contribution in [3.8, 4) is 11.5 Å². The van der Waals surface area contributed by atoms with E-state index in [4.69, 9.17) is 9.47 Å². The highest BCUT2D eigenvalue weighted by Gasteiger charge is 2.04. The fourth-order valence-corrected chi connectivity index (χ4v) is 2.08. The Labute approximate surface area is 122 Å². The number of halogens is 2. The van der Waals surface area contributed by atoms with Crippen molar-refractivity contribution in [3.05, 3.63) is 51.2 Å². The van der Waals surface area contributed by atoms with Crippen LogP contribution in [0.3, 0.4) is 0 Å². The molecule has 5 heteroatoms. The first-order valence-corrected chi connectivity index (χ1v) is 6.84. The topological polar surface area (TPSA) is 31.4 Å². The van der Waals surface area contributed by atoms with Gasteiger partial charge < -0.3 is 9.47 Å². The van der Waals surface area contributed by atoms with Gasteiger partial charge in [0.25, 0.3) is 0 Å². The molecule has 2 rings (SSSR count). The summed E-state index contributed by atoms with van der Waals surface area (Å²) < 4.78 is 12.6. The minimum Gasteiger partial charge on any atom is -0.497 e. The van der Waals surface area contributed by atoms with E-state index in [0.717, 1.165) is 26.1 Å². The maximum atomic E-state index is 5.68. The lowest BCUT2D eigenvalue weighted by atomic mass is 10.3. The second kappa shape index (κ2) is 6.20. The lowest BCUT2D eigenvalue weighted by Gasteiger charge is -2.09. The summed E-state index contributed by atoms with van der Waals surface area (Å²) in [7, 11) is 1.63. The van der Waals surface area contributed by atoms with Gasteiger partial charge in [0.1, 0.15) is 18.1 Å². The van der Waals surface area contributed by atoms with Crippen LogP contribution in [0.25, 0.3) is 0 Å². The first kappa shape index (κ1) is 13.4. The van der Waals surface area contributed by atoms with E-state index >= 15 is 0 Å². The number of benzene rings is 1. The van der Waals surface area contributed by atoms with Gasteiger partial charge in [-0.1, -0.05) is 0 Å². The monoisotopic (exact) mass is 371 g/mol. The van der Waals surface area contributed by atoms with Crippen LogP contribution in [0.5, 0.6) is 11.5 Å². The summed E-state index contributed by atoms with van der Waals surface area (Å²) in [4.78, 5) is 4.24. The second-order valence-electron chi connectivity index (χ2n) is 3.55. The third kappa shape index (κ3) is 3.46. The molecular weight excluding hydrogens is 362 g/mol. The van der Waals surface area contributed by atoms with Gasteiger partial charge in [0.05, 0.1) is 17.3 Å². The summed E-state index contributed by atoms with van der Waals surface area (Å²) in [5, 5.41) is 0. The molecule has 0 aliphatic heterocycles. The Kier molecular flexibility index (Phi) is 4.60. The number of rotatable bonds is 4. The Bertz CT molecular complexity index is 529. The van der Waals surface area contributed by atoms with Crippen LogP contribution in [-0.4, -0.2) is 12.1 Å². The van der Waals surface area contributed by atoms with E-state index < -0.39 is 0 Å². The molecule has 1 aromatic carbocycles. The maximum Gasteiger partial charge on any atom is 0.134 e. The number of ether oxygens (including phenoxy) is 2. The van der Waals surface area contributed by atoms with Crippen LogP contribution in [0.4, 0.5) is 0 Å². The van der Waals surface area contributed by atoms with Crippen molar-refractivity contribution in [2.24, 2.45) is 0 Å². The Hall–Kier alpha value is -1.07. The van der Waals surface area contributed by atoms with Crippen LogP contribution in [0.2, 0.25) is 0 Å². The predicted molar refractivity (Wildman–Crippen MR) is 77.0 cm³/mol. The second-order valence-corrected chi connectivity index (χ2v) is 5.32. The van der Waals surface area contributed by atoms with Gasteiger partial charge in [-0.3, -0.25) is 4.98 Å². The number of hydrogen-bond donors (Lipinski definition) is 0. The van der Waals surface area contributed by atoms with E-state index in [1.165, 1.54) is 0 Å². The van der Waals surface area contributed by atoms with Gasteiger partial charge in [-0.2, -0.15) is 0 Å². The van der Waals surface area contributed by atoms with Crippen LogP contribution < -0.4 is 9.47 Å². The third-order valence-electron chi connectivity index (χ3n) is 2.30. The Morgan fingerprint density at radius 1 is 1.17 bits per heavy atom. The molecule has 1 aromatic heterocycles. The van der Waals surface area contributed by atoms with Gasteiger partial charge >= 0.3 is 0 Å². The lowest BCUT2D eigenvalue weighted by molar-refractivity contribution is 0.298. The van der Waals surface area contributed by atoms with E-state index in [9.17, 15) is 0 Å². The molecule has 1 heterocycles. The SMILES string of the molecule is COc1ccc(OCc2ccc(Br)cn2)c(Br)c1. The summed E-state index contributed by atoms with van der Waals surface area (Å²) in [6.07, 6.45) is 1.75. The smallest absolute Gasteiger partial charge is 0.134 e. The molecule has 2 aromatic rings. The van der Waals surface area contributed by atoms with Crippen LogP contribution in [0, 0.1) is 0 Å². The van der Waals surface area contributed by atoms with Gasteiger partial charge in [0.15, 0.2) is 0 Å². The van der Waals surface area contributed by atoms with Crippen LogP contribution in [-0.2, 0) is 6.61 Å². The standard InChI is InChI=1S/C13H11Br2NO2/c1-17-11-4-5-13(12(15)6-11)18-8-10-3-2-9(14)7-16-10/h2-7H,8H2,1H3. The molecule has 3 nitrogen and oxygen atoms in total. The van der Waals surface area contributed by atoms with Gasteiger partial charge in [-0.15, -0.1) is 0 Å². The molecule has 0 aliphatic carbocycles. The van der Waals surface area contributed by atoms with Gasteiger partial charge in [0.2, 0.25) is 0 Å². The van der Waals surface area contributed by atoms with Crippen molar-refractivity contribution in [2.75, 3.05) is 7.11 Å². The van der Waals surface area contributed by atoms with Crippen LogP contribution in [0.15, 0.2) is 45.5 Å². The molecule has 0 saturated carbocycles. The third-order valence-corrected chi connectivity index (χ3v) is 3.39. The quantitative estimate of drug-likeness (QED) is 0.806. The molecule has 0 radical (unpaired) electrons. The van der Waals surface area contributed by atoms with Crippen LogP contribution >= 0.6 is 31.9 Å². The minimum atomic E-state index is 0.429. The fraction of sp³-hybridized carbons (Fsp3) is 0.154. The largest absolute Gasteiger partial charge is 0.497 e. The van der Waals surface area contributed by atoms with Gasteiger partial charge in [-0.25, -0.2) is 0 Å². The Balaban J connectivity index is 2.04. The van der Waals surface area contributed by atoms with Crippen molar-refractivity contribution in [3.63, 3.8) is 0 Å². The van der Waals surface area contributed by atoms with Crippen molar-refractivity contribution >= 4 is 31.9 Å². The molecule has 18 heavy (non-hydrogen) atoms. The van der Waals surface area contributed by atoms with E-state index in [-0.39, 0.29) is 0 Å². The Morgan fingerprint density at radius 2 is 2.00 bits per heavy atom. The first-order valence-electron chi connectivity index (χ1n) is 5.26. The highest BCUT2D eigenvalue weighted by atomic mass is 79.9. The molecule has 0 atom stereocenters. The van der Waals surface area contributed by atoms with Crippen molar-refractivity contribution in [2.45, 2.75) is 6.61 Å². The zero-order valence-electron chi connectivity index (χ0n) is 9.69. The molecule has 0 N–H and O–H groups in total. The lowest BCUT2D eigenvalue weighted by Crippen LogP contribution is -1.98. The summed E-state index contributed by atoms with van der Waals surface area (Å²) >= 11 is 6.78. The number of aromatic nitrogens is 1. The first-order chi connectivity index (χ1) is 8.69. The number of hydrogen-bond acceptors (Lipinski definition) is 3. The fourth-order valence-electron chi connectivity index (χ4n) is 1.37. The molecular formula is C13H11Br2NO2. The van der Waals surface area contributed by atoms with Gasteiger partial charge in [0, 0.05) is 10.7 Å². The maximum absolute atomic E-state index is 5.68. The number of pyridine rings is 1. The molecule has 0 aliphatic rings. The molecule has 0 bridgehead atoms. The van der Waals surface area contributed by atoms with Crippen molar-refractivity contribution in [1.29, 1.82) is 0 Å². The summed E-state index contributed by atoms with van der Waals surface area (Å²) in [6.45, 7) is 0.429. The minimum absolute atomic E-state index is 0.429. The zero-order chi connectivity index (χ0) is 13.0. The van der Waals surface area contributed by atoms with Gasteiger partial charge in [-0.05, 0) is 62.2 Å². The molecule has 94 valence electrons. The zero-order valence-corrected chi connectivity index (χ0v) is 12.9. The molecule has 0 amide bonds.